The Kier molecular flexibility index (Phi) is 3.29. The van der Waals surface area contributed by atoms with Crippen LogP contribution in [0.3, 0.4) is 0 Å². The van der Waals surface area contributed by atoms with Crippen molar-refractivity contribution in [3.05, 3.63) is 34.5 Å². The van der Waals surface area contributed by atoms with Crippen LogP contribution in [0, 0.1) is 0 Å². The maximum absolute atomic E-state index is 5.80. The van der Waals surface area contributed by atoms with E-state index < -0.39 is 0 Å². The molecule has 0 spiro atoms. The molecule has 0 aromatic carbocycles. The number of hydrogen-bond donors (Lipinski definition) is 0. The van der Waals surface area contributed by atoms with Gasteiger partial charge >= 0.3 is 0 Å². The molecule has 0 bridgehead atoms. The van der Waals surface area contributed by atoms with Crippen LogP contribution in [-0.4, -0.2) is 19.3 Å². The molecule has 2 atom stereocenters. The monoisotopic (exact) mass is 266 g/mol. The summed E-state index contributed by atoms with van der Waals surface area (Å²) in [6, 6.07) is 8.57. The first-order valence-electron chi connectivity index (χ1n) is 5.70. The summed E-state index contributed by atoms with van der Waals surface area (Å²) in [5.74, 6) is 0. The van der Waals surface area contributed by atoms with E-state index in [2.05, 4.69) is 29.6 Å². The van der Waals surface area contributed by atoms with Gasteiger partial charge in [0.15, 0.2) is 0 Å². The van der Waals surface area contributed by atoms with Gasteiger partial charge in [0.1, 0.15) is 6.10 Å². The van der Waals surface area contributed by atoms with Crippen LogP contribution < -0.4 is 0 Å². The van der Waals surface area contributed by atoms with Crippen LogP contribution in [0.4, 0.5) is 0 Å². The van der Waals surface area contributed by atoms with Gasteiger partial charge in [0.25, 0.3) is 0 Å². The fraction of sp³-hybridized carbons (Fsp3) is 0.385. The molecule has 3 heterocycles. The molecule has 4 heteroatoms. The van der Waals surface area contributed by atoms with Crippen LogP contribution in [0.15, 0.2) is 29.6 Å². The fourth-order valence-electron chi connectivity index (χ4n) is 1.84. The largest absolute Gasteiger partial charge is 0.373 e. The number of thiophene rings is 2. The molecule has 0 amide bonds. The molecule has 1 aliphatic heterocycles. The molecule has 2 aromatic heterocycles. The normalized spacial score (nSPS) is 25.0. The van der Waals surface area contributed by atoms with Crippen molar-refractivity contribution in [3.63, 3.8) is 0 Å². The Balaban J connectivity index is 1.76. The second-order valence-corrected chi connectivity index (χ2v) is 6.21. The molecule has 2 unspecified atom stereocenters. The number of hydrogen-bond acceptors (Lipinski definition) is 4. The predicted molar refractivity (Wildman–Crippen MR) is 71.7 cm³/mol. The molecule has 0 aliphatic carbocycles. The highest BCUT2D eigenvalue weighted by atomic mass is 32.1. The van der Waals surface area contributed by atoms with Crippen molar-refractivity contribution in [1.29, 1.82) is 0 Å². The van der Waals surface area contributed by atoms with E-state index in [4.69, 9.17) is 9.47 Å². The molecular formula is C13H14O2S2. The molecule has 1 fully saturated rings. The lowest BCUT2D eigenvalue weighted by atomic mass is 10.2. The zero-order valence-electron chi connectivity index (χ0n) is 9.59. The first kappa shape index (κ1) is 11.4. The molecule has 0 radical (unpaired) electrons. The van der Waals surface area contributed by atoms with Gasteiger partial charge in [-0.25, -0.2) is 0 Å². The highest BCUT2D eigenvalue weighted by Gasteiger charge is 2.22. The summed E-state index contributed by atoms with van der Waals surface area (Å²) in [6.07, 6.45) is 0.341. The first-order chi connectivity index (χ1) is 8.33. The minimum absolute atomic E-state index is 0.116. The van der Waals surface area contributed by atoms with Gasteiger partial charge in [0, 0.05) is 14.6 Å². The van der Waals surface area contributed by atoms with Crippen LogP contribution >= 0.6 is 22.7 Å². The fourth-order valence-corrected chi connectivity index (χ4v) is 3.72. The summed E-state index contributed by atoms with van der Waals surface area (Å²) in [5.41, 5.74) is 0. The van der Waals surface area contributed by atoms with Gasteiger partial charge in [-0.15, -0.1) is 22.7 Å². The molecule has 2 nitrogen and oxygen atoms in total. The Labute approximate surface area is 109 Å². The SMILES string of the molecule is CC1COC(c2ccc(-c3cccs3)s2)CO1. The summed E-state index contributed by atoms with van der Waals surface area (Å²) < 4.78 is 11.4. The maximum atomic E-state index is 5.80. The van der Waals surface area contributed by atoms with Crippen molar-refractivity contribution >= 4 is 22.7 Å². The van der Waals surface area contributed by atoms with E-state index in [0.717, 1.165) is 0 Å². The molecule has 1 aliphatic rings. The van der Waals surface area contributed by atoms with Crippen LogP contribution in [0.1, 0.15) is 17.9 Å². The zero-order valence-corrected chi connectivity index (χ0v) is 11.2. The van der Waals surface area contributed by atoms with Crippen molar-refractivity contribution in [3.8, 4) is 9.75 Å². The molecule has 90 valence electrons. The van der Waals surface area contributed by atoms with E-state index in [1.54, 1.807) is 22.7 Å². The standard InChI is InChI=1S/C13H14O2S2/c1-9-7-15-10(8-14-9)11-4-5-13(17-11)12-3-2-6-16-12/h2-6,9-10H,7-8H2,1H3. The average Bonchev–Trinajstić information content (AvgIpc) is 3.00. The predicted octanol–water partition coefficient (Wildman–Crippen LogP) is 3.95. The van der Waals surface area contributed by atoms with E-state index in [1.165, 1.54) is 14.6 Å². The molecule has 3 rings (SSSR count). The smallest absolute Gasteiger partial charge is 0.115 e. The van der Waals surface area contributed by atoms with Gasteiger partial charge in [-0.3, -0.25) is 0 Å². The molecule has 2 aromatic rings. The summed E-state index contributed by atoms with van der Waals surface area (Å²) in [5, 5.41) is 2.11. The topological polar surface area (TPSA) is 18.5 Å². The Hall–Kier alpha value is -0.680. The lowest BCUT2D eigenvalue weighted by Crippen LogP contribution is -2.28. The molecule has 1 saturated heterocycles. The molecule has 0 N–H and O–H groups in total. The van der Waals surface area contributed by atoms with Gasteiger partial charge in [-0.1, -0.05) is 6.07 Å². The Bertz CT molecular complexity index is 467. The molecular weight excluding hydrogens is 252 g/mol. The average molecular weight is 266 g/mol. The van der Waals surface area contributed by atoms with Crippen LogP contribution in [-0.2, 0) is 9.47 Å². The zero-order chi connectivity index (χ0) is 11.7. The lowest BCUT2D eigenvalue weighted by molar-refractivity contribution is -0.127. The number of ether oxygens (including phenoxy) is 2. The first-order valence-corrected chi connectivity index (χ1v) is 7.39. The van der Waals surface area contributed by atoms with Crippen LogP contribution in [0.2, 0.25) is 0 Å². The summed E-state index contributed by atoms with van der Waals surface area (Å²) in [6.45, 7) is 3.41. The summed E-state index contributed by atoms with van der Waals surface area (Å²) >= 11 is 3.58. The van der Waals surface area contributed by atoms with Crippen molar-refractivity contribution in [2.45, 2.75) is 19.1 Å². The second-order valence-electron chi connectivity index (χ2n) is 4.15. The van der Waals surface area contributed by atoms with E-state index in [-0.39, 0.29) is 12.2 Å². The van der Waals surface area contributed by atoms with E-state index in [0.29, 0.717) is 13.2 Å². The van der Waals surface area contributed by atoms with Crippen molar-refractivity contribution in [1.82, 2.24) is 0 Å². The van der Waals surface area contributed by atoms with Crippen molar-refractivity contribution in [2.24, 2.45) is 0 Å². The minimum Gasteiger partial charge on any atom is -0.373 e. The maximum Gasteiger partial charge on any atom is 0.115 e. The highest BCUT2D eigenvalue weighted by molar-refractivity contribution is 7.21. The van der Waals surface area contributed by atoms with Gasteiger partial charge in [-0.2, -0.15) is 0 Å². The quantitative estimate of drug-likeness (QED) is 0.819. The van der Waals surface area contributed by atoms with Crippen LogP contribution in [0.5, 0.6) is 0 Å². The van der Waals surface area contributed by atoms with Gasteiger partial charge in [-0.05, 0) is 30.5 Å². The van der Waals surface area contributed by atoms with Gasteiger partial charge in [0.05, 0.1) is 19.3 Å². The highest BCUT2D eigenvalue weighted by Crippen LogP contribution is 2.36. The third-order valence-electron chi connectivity index (χ3n) is 2.77. The third-order valence-corrected chi connectivity index (χ3v) is 5.02. The van der Waals surface area contributed by atoms with E-state index in [9.17, 15) is 0 Å². The Morgan fingerprint density at radius 2 is 2.06 bits per heavy atom. The number of rotatable bonds is 2. The van der Waals surface area contributed by atoms with Crippen molar-refractivity contribution in [2.75, 3.05) is 13.2 Å². The summed E-state index contributed by atoms with van der Waals surface area (Å²) in [7, 11) is 0. The lowest BCUT2D eigenvalue weighted by Gasteiger charge is -2.26. The van der Waals surface area contributed by atoms with E-state index in [1.807, 2.05) is 6.92 Å². The Morgan fingerprint density at radius 1 is 1.12 bits per heavy atom. The van der Waals surface area contributed by atoms with Gasteiger partial charge < -0.3 is 9.47 Å². The second kappa shape index (κ2) is 4.90. The molecule has 0 saturated carbocycles. The summed E-state index contributed by atoms with van der Waals surface area (Å²) in [4.78, 5) is 3.91. The molecule has 17 heavy (non-hydrogen) atoms. The van der Waals surface area contributed by atoms with Crippen LogP contribution in [0.25, 0.3) is 9.75 Å². The van der Waals surface area contributed by atoms with E-state index >= 15 is 0 Å². The minimum atomic E-state index is 0.116. The Morgan fingerprint density at radius 3 is 2.76 bits per heavy atom. The van der Waals surface area contributed by atoms with Crippen molar-refractivity contribution < 1.29 is 9.47 Å². The third kappa shape index (κ3) is 2.45. The van der Waals surface area contributed by atoms with Gasteiger partial charge in [0.2, 0.25) is 0 Å².